The van der Waals surface area contributed by atoms with Gasteiger partial charge in [0.1, 0.15) is 17.7 Å². The van der Waals surface area contributed by atoms with E-state index in [1.807, 2.05) is 37.1 Å². The van der Waals surface area contributed by atoms with Crippen molar-refractivity contribution >= 4 is 5.82 Å². The third-order valence-corrected chi connectivity index (χ3v) is 6.33. The SMILES string of the molecule is Cc1cc(-c2ccc(-c3cnc(N(C)[C@H]4C[C@@H]5CCC(N5)[C@H]4F)cn3)c(O)c2)n[nH]1. The highest BCUT2D eigenvalue weighted by molar-refractivity contribution is 5.73. The number of H-pyrrole nitrogens is 1. The summed E-state index contributed by atoms with van der Waals surface area (Å²) in [7, 11) is 1.88. The number of benzene rings is 1. The lowest BCUT2D eigenvalue weighted by atomic mass is 9.96. The zero-order valence-electron chi connectivity index (χ0n) is 17.0. The molecule has 4 atom stereocenters. The summed E-state index contributed by atoms with van der Waals surface area (Å²) in [5.74, 6) is 0.748. The van der Waals surface area contributed by atoms with Crippen LogP contribution in [0.3, 0.4) is 0 Å². The van der Waals surface area contributed by atoms with E-state index < -0.39 is 6.17 Å². The van der Waals surface area contributed by atoms with E-state index in [0.717, 1.165) is 36.2 Å². The second-order valence-corrected chi connectivity index (χ2v) is 8.33. The fourth-order valence-electron chi connectivity index (χ4n) is 4.63. The van der Waals surface area contributed by atoms with Crippen LogP contribution in [0.4, 0.5) is 10.2 Å². The minimum absolute atomic E-state index is 0.0581. The molecule has 5 rings (SSSR count). The molecular weight excluding hydrogens is 383 g/mol. The van der Waals surface area contributed by atoms with E-state index in [1.165, 1.54) is 0 Å². The van der Waals surface area contributed by atoms with E-state index in [2.05, 4.69) is 25.5 Å². The van der Waals surface area contributed by atoms with Gasteiger partial charge in [0.15, 0.2) is 0 Å². The van der Waals surface area contributed by atoms with E-state index in [0.29, 0.717) is 23.1 Å². The zero-order valence-corrected chi connectivity index (χ0v) is 17.0. The van der Waals surface area contributed by atoms with E-state index >= 15 is 0 Å². The van der Waals surface area contributed by atoms with Gasteiger partial charge in [-0.15, -0.1) is 0 Å². The molecule has 2 aromatic heterocycles. The van der Waals surface area contributed by atoms with Crippen LogP contribution in [0.5, 0.6) is 5.75 Å². The number of aromatic hydroxyl groups is 1. The number of phenols is 1. The van der Waals surface area contributed by atoms with Crippen molar-refractivity contribution in [2.24, 2.45) is 0 Å². The minimum Gasteiger partial charge on any atom is -0.507 e. The summed E-state index contributed by atoms with van der Waals surface area (Å²) >= 11 is 0. The van der Waals surface area contributed by atoms with Gasteiger partial charge in [0.05, 0.1) is 29.8 Å². The first kappa shape index (κ1) is 19.0. The lowest BCUT2D eigenvalue weighted by Gasteiger charge is -2.38. The molecular formula is C22H25FN6O. The molecule has 8 heteroatoms. The third kappa shape index (κ3) is 3.31. The highest BCUT2D eigenvalue weighted by atomic mass is 19.1. The summed E-state index contributed by atoms with van der Waals surface area (Å²) in [4.78, 5) is 10.9. The van der Waals surface area contributed by atoms with Gasteiger partial charge < -0.3 is 15.3 Å². The number of nitrogens with one attached hydrogen (secondary N) is 2. The Balaban J connectivity index is 1.36. The standard InChI is InChI=1S/C22H25FN6O/c1-12-7-17(28-27-12)13-3-5-15(20(30)8-13)18-10-25-21(11-24-18)29(2)19-9-14-4-6-16(26-14)22(19)23/h3,5,7-8,10-11,14,16,19,22,26,30H,4,6,9H2,1-2H3,(H,27,28)/t14-,16?,19-,22+/m0/s1. The van der Waals surface area contributed by atoms with Gasteiger partial charge in [0.2, 0.25) is 0 Å². The summed E-state index contributed by atoms with van der Waals surface area (Å²) in [6.07, 6.45) is 5.06. The maximum absolute atomic E-state index is 14.9. The maximum atomic E-state index is 14.9. The summed E-state index contributed by atoms with van der Waals surface area (Å²) in [6, 6.07) is 7.42. The average molecular weight is 408 g/mol. The molecule has 0 aliphatic carbocycles. The van der Waals surface area contributed by atoms with Crippen LogP contribution in [-0.4, -0.2) is 56.6 Å². The molecule has 4 heterocycles. The minimum atomic E-state index is -0.919. The number of aryl methyl sites for hydroxylation is 1. The van der Waals surface area contributed by atoms with Crippen molar-refractivity contribution in [3.8, 4) is 28.3 Å². The van der Waals surface area contributed by atoms with Crippen LogP contribution >= 0.6 is 0 Å². The predicted octanol–water partition coefficient (Wildman–Crippen LogP) is 3.21. The fourth-order valence-corrected chi connectivity index (χ4v) is 4.63. The van der Waals surface area contributed by atoms with E-state index in [9.17, 15) is 9.50 Å². The van der Waals surface area contributed by atoms with Crippen LogP contribution in [0.1, 0.15) is 25.0 Å². The number of nitrogens with zero attached hydrogens (tertiary/aromatic N) is 4. The first-order valence-electron chi connectivity index (χ1n) is 10.3. The first-order valence-corrected chi connectivity index (χ1v) is 10.3. The normalized spacial score (nSPS) is 25.4. The Hall–Kier alpha value is -3.00. The first-order chi connectivity index (χ1) is 14.5. The molecule has 0 saturated carbocycles. The van der Waals surface area contributed by atoms with Crippen molar-refractivity contribution < 1.29 is 9.50 Å². The topological polar surface area (TPSA) is 90.0 Å². The number of hydrogen-bond donors (Lipinski definition) is 3. The Morgan fingerprint density at radius 1 is 1.13 bits per heavy atom. The number of rotatable bonds is 4. The van der Waals surface area contributed by atoms with Crippen LogP contribution in [-0.2, 0) is 0 Å². The second kappa shape index (κ2) is 7.36. The number of halogens is 1. The van der Waals surface area contributed by atoms with Crippen LogP contribution < -0.4 is 10.2 Å². The van der Waals surface area contributed by atoms with Crippen LogP contribution in [0.2, 0.25) is 0 Å². The zero-order chi connectivity index (χ0) is 20.8. The largest absolute Gasteiger partial charge is 0.507 e. The van der Waals surface area contributed by atoms with Gasteiger partial charge >= 0.3 is 0 Å². The van der Waals surface area contributed by atoms with Gasteiger partial charge in [0, 0.05) is 36.0 Å². The molecule has 1 unspecified atom stereocenters. The highest BCUT2D eigenvalue weighted by Crippen LogP contribution is 2.34. The number of phenolic OH excluding ortho intramolecular Hbond substituents is 1. The summed E-state index contributed by atoms with van der Waals surface area (Å²) < 4.78 is 14.9. The Kier molecular flexibility index (Phi) is 4.66. The number of aromatic amines is 1. The monoisotopic (exact) mass is 408 g/mol. The molecule has 0 spiro atoms. The molecule has 2 saturated heterocycles. The fraction of sp³-hybridized carbons (Fsp3) is 0.409. The van der Waals surface area contributed by atoms with Crippen molar-refractivity contribution in [1.29, 1.82) is 0 Å². The molecule has 7 nitrogen and oxygen atoms in total. The van der Waals surface area contributed by atoms with Gasteiger partial charge in [-0.25, -0.2) is 9.37 Å². The Morgan fingerprint density at radius 3 is 2.70 bits per heavy atom. The molecule has 0 radical (unpaired) electrons. The summed E-state index contributed by atoms with van der Waals surface area (Å²) in [5, 5.41) is 21.0. The summed E-state index contributed by atoms with van der Waals surface area (Å²) in [5.41, 5.74) is 3.71. The molecule has 1 aromatic carbocycles. The van der Waals surface area contributed by atoms with Crippen molar-refractivity contribution in [3.63, 3.8) is 0 Å². The smallest absolute Gasteiger partial charge is 0.147 e. The molecule has 156 valence electrons. The van der Waals surface area contributed by atoms with E-state index in [4.69, 9.17) is 0 Å². The van der Waals surface area contributed by atoms with Crippen LogP contribution in [0, 0.1) is 6.92 Å². The van der Waals surface area contributed by atoms with Gasteiger partial charge in [-0.1, -0.05) is 6.07 Å². The quantitative estimate of drug-likeness (QED) is 0.614. The molecule has 3 aromatic rings. The second-order valence-electron chi connectivity index (χ2n) is 8.33. The third-order valence-electron chi connectivity index (χ3n) is 6.33. The van der Waals surface area contributed by atoms with Crippen molar-refractivity contribution in [3.05, 3.63) is 42.4 Å². The molecule has 3 N–H and O–H groups in total. The predicted molar refractivity (Wildman–Crippen MR) is 113 cm³/mol. The van der Waals surface area contributed by atoms with Crippen molar-refractivity contribution in [2.75, 3.05) is 11.9 Å². The highest BCUT2D eigenvalue weighted by Gasteiger charge is 2.43. The van der Waals surface area contributed by atoms with Crippen LogP contribution in [0.15, 0.2) is 36.7 Å². The Labute approximate surface area is 174 Å². The van der Waals surface area contributed by atoms with Crippen LogP contribution in [0.25, 0.3) is 22.5 Å². The number of hydrogen-bond acceptors (Lipinski definition) is 6. The summed E-state index contributed by atoms with van der Waals surface area (Å²) in [6.45, 7) is 1.93. The Bertz CT molecular complexity index is 1050. The maximum Gasteiger partial charge on any atom is 0.147 e. The lowest BCUT2D eigenvalue weighted by Crippen LogP contribution is -2.55. The lowest BCUT2D eigenvalue weighted by molar-refractivity contribution is 0.176. The average Bonchev–Trinajstić information content (AvgIpc) is 3.37. The van der Waals surface area contributed by atoms with Gasteiger partial charge in [0.25, 0.3) is 0 Å². The van der Waals surface area contributed by atoms with Gasteiger partial charge in [-0.2, -0.15) is 5.10 Å². The number of aromatic nitrogens is 4. The molecule has 2 aliphatic rings. The number of alkyl halides is 1. The van der Waals surface area contributed by atoms with Crippen molar-refractivity contribution in [2.45, 2.75) is 50.5 Å². The van der Waals surface area contributed by atoms with Crippen molar-refractivity contribution in [1.82, 2.24) is 25.5 Å². The molecule has 2 aliphatic heterocycles. The molecule has 30 heavy (non-hydrogen) atoms. The molecule has 2 fully saturated rings. The number of fused-ring (bicyclic) bond motifs is 2. The number of anilines is 1. The number of piperidine rings is 1. The van der Waals surface area contributed by atoms with Gasteiger partial charge in [-0.3, -0.25) is 10.1 Å². The molecule has 0 amide bonds. The van der Waals surface area contributed by atoms with E-state index in [-0.39, 0.29) is 17.8 Å². The van der Waals surface area contributed by atoms with E-state index in [1.54, 1.807) is 18.5 Å². The van der Waals surface area contributed by atoms with Gasteiger partial charge in [-0.05, 0) is 44.4 Å². The molecule has 2 bridgehead atoms. The Morgan fingerprint density at radius 2 is 2.00 bits per heavy atom.